The molecule has 0 aliphatic rings. The Bertz CT molecular complexity index is 753. The van der Waals surface area contributed by atoms with Crippen molar-refractivity contribution in [3.63, 3.8) is 0 Å². The van der Waals surface area contributed by atoms with E-state index in [1.165, 1.54) is 28.8 Å². The monoisotopic (exact) mass is 300 g/mol. The number of hydrogen-bond donors (Lipinski definition) is 0. The molecule has 0 atom stereocenters. The minimum absolute atomic E-state index is 0.202. The van der Waals surface area contributed by atoms with Gasteiger partial charge in [0.25, 0.3) is 5.91 Å². The minimum Gasteiger partial charge on any atom is -0.438 e. The smallest absolute Gasteiger partial charge is 0.296 e. The van der Waals surface area contributed by atoms with Crippen molar-refractivity contribution in [2.45, 2.75) is 6.92 Å². The molecule has 0 saturated heterocycles. The summed E-state index contributed by atoms with van der Waals surface area (Å²) in [4.78, 5) is 26.1. The molecular formula is C14H12N4O2S. The third-order valence-electron chi connectivity index (χ3n) is 2.93. The molecule has 3 aromatic rings. The summed E-state index contributed by atoms with van der Waals surface area (Å²) in [6.45, 7) is 1.87. The zero-order chi connectivity index (χ0) is 14.8. The lowest BCUT2D eigenvalue weighted by molar-refractivity contribution is 0.0967. The molecule has 21 heavy (non-hydrogen) atoms. The fourth-order valence-corrected chi connectivity index (χ4v) is 2.91. The van der Waals surface area contributed by atoms with Crippen molar-refractivity contribution in [3.05, 3.63) is 48.6 Å². The largest absolute Gasteiger partial charge is 0.438 e. The molecule has 0 aliphatic carbocycles. The van der Waals surface area contributed by atoms with Crippen molar-refractivity contribution in [3.8, 4) is 10.6 Å². The Balaban J connectivity index is 1.93. The number of aryl methyl sites for hydroxylation is 1. The Labute approximate surface area is 125 Å². The zero-order valence-corrected chi connectivity index (χ0v) is 12.3. The van der Waals surface area contributed by atoms with Crippen molar-refractivity contribution in [1.82, 2.24) is 15.0 Å². The number of amides is 1. The molecule has 0 N–H and O–H groups in total. The van der Waals surface area contributed by atoms with Crippen LogP contribution in [0.25, 0.3) is 10.6 Å². The number of aromatic nitrogens is 3. The van der Waals surface area contributed by atoms with Gasteiger partial charge in [-0.05, 0) is 19.1 Å². The molecule has 0 aliphatic heterocycles. The predicted octanol–water partition coefficient (Wildman–Crippen LogP) is 2.78. The summed E-state index contributed by atoms with van der Waals surface area (Å²) in [5.41, 5.74) is 1.71. The summed E-state index contributed by atoms with van der Waals surface area (Å²) in [7, 11) is 1.69. The van der Waals surface area contributed by atoms with Crippen LogP contribution in [0.3, 0.4) is 0 Å². The first-order valence-corrected chi connectivity index (χ1v) is 7.03. The highest BCUT2D eigenvalue weighted by molar-refractivity contribution is 7.19. The molecule has 7 heteroatoms. The summed E-state index contributed by atoms with van der Waals surface area (Å²) < 4.78 is 5.04. The number of anilines is 1. The third-order valence-corrected chi connectivity index (χ3v) is 4.22. The topological polar surface area (TPSA) is 72.1 Å². The number of carbonyl (C=O) groups excluding carboxylic acids is 1. The van der Waals surface area contributed by atoms with Gasteiger partial charge in [-0.1, -0.05) is 11.3 Å². The van der Waals surface area contributed by atoms with Crippen LogP contribution >= 0.6 is 11.3 Å². The Hall–Kier alpha value is -2.54. The van der Waals surface area contributed by atoms with E-state index in [-0.39, 0.29) is 11.7 Å². The van der Waals surface area contributed by atoms with E-state index in [1.807, 2.05) is 19.1 Å². The van der Waals surface area contributed by atoms with Crippen LogP contribution in [-0.2, 0) is 0 Å². The molecule has 0 aromatic carbocycles. The standard InChI is InChI=1S/C14H12N4O2S/c1-9-14(18(2)13(19)11-7-16-8-20-11)21-12(17-9)10-4-3-5-15-6-10/h3-8H,1-2H3. The van der Waals surface area contributed by atoms with E-state index in [2.05, 4.69) is 15.0 Å². The van der Waals surface area contributed by atoms with Crippen LogP contribution in [0.5, 0.6) is 0 Å². The first-order valence-electron chi connectivity index (χ1n) is 6.21. The highest BCUT2D eigenvalue weighted by Gasteiger charge is 2.21. The molecule has 1 amide bonds. The summed E-state index contributed by atoms with van der Waals surface area (Å²) in [6, 6.07) is 3.79. The van der Waals surface area contributed by atoms with E-state index in [0.717, 1.165) is 21.3 Å². The first-order chi connectivity index (χ1) is 10.2. The molecule has 0 bridgehead atoms. The lowest BCUT2D eigenvalue weighted by Gasteiger charge is -2.13. The van der Waals surface area contributed by atoms with Gasteiger partial charge in [-0.25, -0.2) is 9.97 Å². The first kappa shape index (κ1) is 13.4. The van der Waals surface area contributed by atoms with Gasteiger partial charge in [-0.3, -0.25) is 14.7 Å². The van der Waals surface area contributed by atoms with E-state index in [1.54, 1.807) is 19.4 Å². The molecule has 0 spiro atoms. The summed E-state index contributed by atoms with van der Waals surface area (Å²) in [5.74, 6) is -0.0507. The van der Waals surface area contributed by atoms with Gasteiger partial charge in [0.15, 0.2) is 6.39 Å². The van der Waals surface area contributed by atoms with Gasteiger partial charge < -0.3 is 4.42 Å². The van der Waals surface area contributed by atoms with Gasteiger partial charge in [0, 0.05) is 25.0 Å². The summed E-state index contributed by atoms with van der Waals surface area (Å²) in [5, 5.41) is 1.60. The van der Waals surface area contributed by atoms with Crippen LogP contribution in [0.15, 0.2) is 41.5 Å². The molecule has 0 fully saturated rings. The molecular weight excluding hydrogens is 288 g/mol. The molecule has 3 rings (SSSR count). The van der Waals surface area contributed by atoms with Gasteiger partial charge in [-0.15, -0.1) is 0 Å². The molecule has 3 heterocycles. The van der Waals surface area contributed by atoms with Crippen molar-refractivity contribution in [1.29, 1.82) is 0 Å². The second kappa shape index (κ2) is 5.45. The highest BCUT2D eigenvalue weighted by atomic mass is 32.1. The molecule has 3 aromatic heterocycles. The van der Waals surface area contributed by atoms with Crippen LogP contribution < -0.4 is 4.90 Å². The maximum Gasteiger partial charge on any atom is 0.296 e. The lowest BCUT2D eigenvalue weighted by Crippen LogP contribution is -2.25. The number of pyridine rings is 1. The average Bonchev–Trinajstić information content (AvgIpc) is 3.16. The summed E-state index contributed by atoms with van der Waals surface area (Å²) in [6.07, 6.45) is 6.10. The second-order valence-electron chi connectivity index (χ2n) is 4.38. The van der Waals surface area contributed by atoms with E-state index >= 15 is 0 Å². The van der Waals surface area contributed by atoms with Crippen molar-refractivity contribution >= 4 is 22.2 Å². The van der Waals surface area contributed by atoms with E-state index in [0.29, 0.717) is 0 Å². The maximum atomic E-state index is 12.3. The van der Waals surface area contributed by atoms with Gasteiger partial charge in [0.05, 0.1) is 11.9 Å². The SMILES string of the molecule is Cc1nc(-c2cccnc2)sc1N(C)C(=O)c1cnco1. The fourth-order valence-electron chi connectivity index (χ4n) is 1.89. The van der Waals surface area contributed by atoms with Gasteiger partial charge in [0.2, 0.25) is 5.76 Å². The lowest BCUT2D eigenvalue weighted by atomic mass is 10.3. The van der Waals surface area contributed by atoms with Crippen LogP contribution in [-0.4, -0.2) is 27.9 Å². The molecule has 106 valence electrons. The molecule has 0 radical (unpaired) electrons. The Morgan fingerprint density at radius 2 is 2.19 bits per heavy atom. The quantitative estimate of drug-likeness (QED) is 0.743. The molecule has 0 saturated carbocycles. The molecule has 6 nitrogen and oxygen atoms in total. The van der Waals surface area contributed by atoms with Crippen LogP contribution in [0.4, 0.5) is 5.00 Å². The number of hydrogen-bond acceptors (Lipinski definition) is 6. The Morgan fingerprint density at radius 1 is 1.33 bits per heavy atom. The van der Waals surface area contributed by atoms with Crippen molar-refractivity contribution in [2.24, 2.45) is 0 Å². The normalized spacial score (nSPS) is 10.6. The van der Waals surface area contributed by atoms with Crippen LogP contribution in [0.1, 0.15) is 16.2 Å². The van der Waals surface area contributed by atoms with E-state index in [9.17, 15) is 4.79 Å². The Kier molecular flexibility index (Phi) is 3.49. The van der Waals surface area contributed by atoms with E-state index < -0.39 is 0 Å². The van der Waals surface area contributed by atoms with Gasteiger partial charge in [0.1, 0.15) is 10.0 Å². The molecule has 0 unspecified atom stereocenters. The van der Waals surface area contributed by atoms with Gasteiger partial charge >= 0.3 is 0 Å². The number of rotatable bonds is 3. The zero-order valence-electron chi connectivity index (χ0n) is 11.5. The minimum atomic E-state index is -0.253. The number of oxazole rings is 1. The maximum absolute atomic E-state index is 12.3. The number of carbonyl (C=O) groups is 1. The van der Waals surface area contributed by atoms with Crippen LogP contribution in [0, 0.1) is 6.92 Å². The third kappa shape index (κ3) is 2.55. The average molecular weight is 300 g/mol. The number of thiazole rings is 1. The predicted molar refractivity (Wildman–Crippen MR) is 79.3 cm³/mol. The van der Waals surface area contributed by atoms with E-state index in [4.69, 9.17) is 4.42 Å². The Morgan fingerprint density at radius 3 is 2.86 bits per heavy atom. The van der Waals surface area contributed by atoms with Crippen molar-refractivity contribution in [2.75, 3.05) is 11.9 Å². The number of nitrogens with zero attached hydrogens (tertiary/aromatic N) is 4. The second-order valence-corrected chi connectivity index (χ2v) is 5.36. The highest BCUT2D eigenvalue weighted by Crippen LogP contribution is 2.34. The van der Waals surface area contributed by atoms with Gasteiger partial charge in [-0.2, -0.15) is 0 Å². The summed E-state index contributed by atoms with van der Waals surface area (Å²) >= 11 is 1.44. The van der Waals surface area contributed by atoms with Crippen LogP contribution in [0.2, 0.25) is 0 Å². The fraction of sp³-hybridized carbons (Fsp3) is 0.143. The van der Waals surface area contributed by atoms with Crippen molar-refractivity contribution < 1.29 is 9.21 Å².